The molecular weight excluding hydrogens is 436 g/mol. The summed E-state index contributed by atoms with van der Waals surface area (Å²) in [5, 5.41) is 35.6. The molecule has 9 nitrogen and oxygen atoms in total. The lowest BCUT2D eigenvalue weighted by atomic mass is 9.79. The molecule has 0 aliphatic heterocycles. The van der Waals surface area contributed by atoms with Crippen LogP contribution in [0.25, 0.3) is 0 Å². The van der Waals surface area contributed by atoms with Crippen LogP contribution >= 0.6 is 0 Å². The van der Waals surface area contributed by atoms with Crippen molar-refractivity contribution in [1.29, 1.82) is 5.41 Å². The molecule has 2 saturated carbocycles. The van der Waals surface area contributed by atoms with Gasteiger partial charge >= 0.3 is 17.5 Å². The molecular formula is C25H33N4O5+. The predicted octanol–water partition coefficient (Wildman–Crippen LogP) is 2.34. The fourth-order valence-corrected chi connectivity index (χ4v) is 4.60. The van der Waals surface area contributed by atoms with E-state index in [1.165, 1.54) is 19.2 Å². The van der Waals surface area contributed by atoms with Crippen LogP contribution in [0.15, 0.2) is 53.6 Å². The largest absolute Gasteiger partial charge is 0.492 e. The minimum absolute atomic E-state index is 0.00856. The molecule has 0 bridgehead atoms. The molecule has 0 atom stereocenters. The highest BCUT2D eigenvalue weighted by molar-refractivity contribution is 6.10. The molecule has 0 spiro atoms. The van der Waals surface area contributed by atoms with Crippen molar-refractivity contribution in [2.45, 2.75) is 57.1 Å². The Bertz CT molecular complexity index is 1050. The van der Waals surface area contributed by atoms with Gasteiger partial charge in [-0.25, -0.2) is 0 Å². The van der Waals surface area contributed by atoms with Gasteiger partial charge in [-0.1, -0.05) is 0 Å². The summed E-state index contributed by atoms with van der Waals surface area (Å²) in [4.78, 5) is 12.9. The molecule has 1 aromatic heterocycles. The first-order chi connectivity index (χ1) is 16.3. The number of ether oxygens (including phenoxy) is 2. The van der Waals surface area contributed by atoms with Crippen molar-refractivity contribution in [3.63, 3.8) is 0 Å². The molecule has 1 heterocycles. The third kappa shape index (κ3) is 5.09. The van der Waals surface area contributed by atoms with Crippen molar-refractivity contribution >= 4 is 11.6 Å². The zero-order chi connectivity index (χ0) is 24.3. The van der Waals surface area contributed by atoms with E-state index in [1.54, 1.807) is 24.4 Å². The van der Waals surface area contributed by atoms with Crippen LogP contribution in [0.3, 0.4) is 0 Å². The highest BCUT2D eigenvalue weighted by atomic mass is 16.5. The van der Waals surface area contributed by atoms with Crippen molar-refractivity contribution in [1.82, 2.24) is 10.6 Å². The van der Waals surface area contributed by atoms with E-state index in [9.17, 15) is 15.1 Å². The second-order valence-corrected chi connectivity index (χ2v) is 9.05. The van der Waals surface area contributed by atoms with E-state index >= 15 is 0 Å². The van der Waals surface area contributed by atoms with Crippen molar-refractivity contribution < 1.29 is 29.3 Å². The number of allylic oxidation sites excluding steroid dienone is 3. The molecule has 4 rings (SSSR count). The Balaban J connectivity index is 1.48. The number of hydrogen-bond acceptors (Lipinski definition) is 7. The average Bonchev–Trinajstić information content (AvgIpc) is 3.67. The summed E-state index contributed by atoms with van der Waals surface area (Å²) in [6.45, 7) is 2.20. The van der Waals surface area contributed by atoms with Gasteiger partial charge in [-0.3, -0.25) is 10.0 Å². The van der Waals surface area contributed by atoms with Gasteiger partial charge in [0.25, 0.3) is 0 Å². The number of amides is 1. The third-order valence-electron chi connectivity index (χ3n) is 6.73. The fraction of sp³-hybridized carbons (Fsp3) is 0.480. The van der Waals surface area contributed by atoms with Gasteiger partial charge in [0.1, 0.15) is 5.76 Å². The number of pyridine rings is 1. The Kier molecular flexibility index (Phi) is 6.92. The van der Waals surface area contributed by atoms with Gasteiger partial charge in [-0.05, 0) is 63.5 Å². The minimum atomic E-state index is -0.550. The molecule has 5 N–H and O–H groups in total. The Labute approximate surface area is 199 Å². The number of aliphatic hydroxyl groups is 1. The van der Waals surface area contributed by atoms with Crippen LogP contribution in [0.2, 0.25) is 0 Å². The smallest absolute Gasteiger partial charge is 0.417 e. The van der Waals surface area contributed by atoms with Crippen LogP contribution in [0, 0.1) is 11.3 Å². The molecule has 9 heteroatoms. The zero-order valence-electron chi connectivity index (χ0n) is 19.6. The maximum atomic E-state index is 12.9. The number of nitrogens with one attached hydrogen (secondary N) is 3. The predicted molar refractivity (Wildman–Crippen MR) is 125 cm³/mol. The number of methoxy groups -OCH3 is 1. The van der Waals surface area contributed by atoms with Crippen LogP contribution in [0.1, 0.15) is 55.9 Å². The maximum absolute atomic E-state index is 12.9. The lowest BCUT2D eigenvalue weighted by Crippen LogP contribution is -2.43. The number of carbonyl (C=O) groups excluding carboxylic acids is 1. The van der Waals surface area contributed by atoms with E-state index in [4.69, 9.17) is 14.9 Å². The summed E-state index contributed by atoms with van der Waals surface area (Å²) in [7, 11) is 1.40. The Hall–Kier alpha value is -3.33. The molecule has 34 heavy (non-hydrogen) atoms. The summed E-state index contributed by atoms with van der Waals surface area (Å²) in [6, 6.07) is 4.84. The summed E-state index contributed by atoms with van der Waals surface area (Å²) in [6.07, 6.45) is 10.7. The van der Waals surface area contributed by atoms with Crippen LogP contribution in [0.5, 0.6) is 5.88 Å². The summed E-state index contributed by atoms with van der Waals surface area (Å²) in [5.74, 6) is 0.415. The number of hydrogen-bond donors (Lipinski definition) is 5. The van der Waals surface area contributed by atoms with Gasteiger partial charge in [0.05, 0.1) is 41.5 Å². The molecule has 0 saturated heterocycles. The number of carbonyl (C=O) groups is 1. The molecule has 3 aliphatic rings. The monoisotopic (exact) mass is 469 g/mol. The Morgan fingerprint density at radius 1 is 1.26 bits per heavy atom. The lowest BCUT2D eigenvalue weighted by molar-refractivity contribution is -0.907. The normalized spacial score (nSPS) is 25.9. The van der Waals surface area contributed by atoms with Crippen molar-refractivity contribution in [2.75, 3.05) is 13.7 Å². The van der Waals surface area contributed by atoms with Gasteiger partial charge in [0.2, 0.25) is 0 Å². The first-order valence-electron chi connectivity index (χ1n) is 11.8. The van der Waals surface area contributed by atoms with Crippen molar-refractivity contribution in [2.24, 2.45) is 5.92 Å². The van der Waals surface area contributed by atoms with E-state index in [0.717, 1.165) is 38.5 Å². The Morgan fingerprint density at radius 3 is 2.65 bits per heavy atom. The number of rotatable bonds is 8. The van der Waals surface area contributed by atoms with Crippen LogP contribution in [-0.2, 0) is 4.74 Å². The highest BCUT2D eigenvalue weighted by Crippen LogP contribution is 2.47. The van der Waals surface area contributed by atoms with E-state index in [-0.39, 0.29) is 23.3 Å². The third-order valence-corrected chi connectivity index (χ3v) is 6.73. The Morgan fingerprint density at radius 2 is 2.00 bits per heavy atom. The van der Waals surface area contributed by atoms with Gasteiger partial charge in [0, 0.05) is 30.0 Å². The first-order valence-corrected chi connectivity index (χ1v) is 11.8. The molecule has 1 aromatic rings. The van der Waals surface area contributed by atoms with Gasteiger partial charge < -0.3 is 30.6 Å². The van der Waals surface area contributed by atoms with E-state index in [2.05, 4.69) is 10.6 Å². The highest BCUT2D eigenvalue weighted by Gasteiger charge is 2.45. The number of aromatic nitrogens is 1. The summed E-state index contributed by atoms with van der Waals surface area (Å²) in [5.41, 5.74) is 0.748. The van der Waals surface area contributed by atoms with E-state index in [0.29, 0.717) is 34.3 Å². The van der Waals surface area contributed by atoms with Gasteiger partial charge in [0.15, 0.2) is 0 Å². The number of nitrogens with zero attached hydrogens (tertiary/aromatic N) is 1. The SMILES string of the molecule is CCOC1=CC(=N)/C(=C\N[C@H]2CC[C@@](O)(C3CC3)CC2)C=C1NC(=O)c1cccc(OC)[n+]1O. The maximum Gasteiger partial charge on any atom is 0.417 e. The molecule has 182 valence electrons. The van der Waals surface area contributed by atoms with E-state index < -0.39 is 11.5 Å². The second-order valence-electron chi connectivity index (χ2n) is 9.05. The lowest BCUT2D eigenvalue weighted by Gasteiger charge is -2.36. The van der Waals surface area contributed by atoms with Crippen molar-refractivity contribution in [3.8, 4) is 5.88 Å². The van der Waals surface area contributed by atoms with Gasteiger partial charge in [-0.15, -0.1) is 0 Å². The fourth-order valence-electron chi connectivity index (χ4n) is 4.60. The zero-order valence-corrected chi connectivity index (χ0v) is 19.6. The topological polar surface area (TPSA) is 128 Å². The quantitative estimate of drug-likeness (QED) is 0.294. The van der Waals surface area contributed by atoms with E-state index in [1.807, 2.05) is 6.92 Å². The average molecular weight is 470 g/mol. The standard InChI is InChI=1S/C25H32N4O5/c1-3-34-22-14-19(26)16(15-27-18-9-11-25(31,12-10-18)17-7-8-17)13-20(22)28-24(30)21-5-4-6-23(33-2)29(21)32/h4-6,13-15,17-18,26,30-32H,3,7-12H2,1-2H3/p+1/t18-,25-. The van der Waals surface area contributed by atoms with Crippen molar-refractivity contribution in [3.05, 3.63) is 59.3 Å². The molecule has 2 fully saturated rings. The van der Waals surface area contributed by atoms with Crippen LogP contribution in [-0.4, -0.2) is 47.3 Å². The molecule has 0 radical (unpaired) electrons. The van der Waals surface area contributed by atoms with Gasteiger partial charge in [-0.2, -0.15) is 0 Å². The summed E-state index contributed by atoms with van der Waals surface area (Å²) < 4.78 is 11.4. The molecule has 0 aromatic carbocycles. The molecule has 1 amide bonds. The first kappa shape index (κ1) is 23.8. The van der Waals surface area contributed by atoms with Crippen LogP contribution in [0.4, 0.5) is 0 Å². The molecule has 3 aliphatic carbocycles. The second kappa shape index (κ2) is 9.89. The summed E-state index contributed by atoms with van der Waals surface area (Å²) >= 11 is 0. The van der Waals surface area contributed by atoms with Crippen LogP contribution < -0.4 is 20.1 Å². The molecule has 0 unspecified atom stereocenters. The minimum Gasteiger partial charge on any atom is -0.492 e.